The molecule has 0 saturated heterocycles. The maximum Gasteiger partial charge on any atom is 0.220 e. The molecule has 0 radical (unpaired) electrons. The summed E-state index contributed by atoms with van der Waals surface area (Å²) < 4.78 is 24.4. The number of hydrogen-bond donors (Lipinski definition) is 0. The van der Waals surface area contributed by atoms with Crippen LogP contribution in [0, 0.1) is 0 Å². The summed E-state index contributed by atoms with van der Waals surface area (Å²) in [5.74, 6) is -0.759. The van der Waals surface area contributed by atoms with E-state index in [-0.39, 0.29) is 12.0 Å². The monoisotopic (exact) mass is 282 g/mol. The van der Waals surface area contributed by atoms with Crippen LogP contribution in [0.3, 0.4) is 0 Å². The van der Waals surface area contributed by atoms with Crippen molar-refractivity contribution < 1.29 is 23.5 Å². The number of carbonyl (C=O) groups excluding carboxylic acids is 2. The Morgan fingerprint density at radius 3 is 1.95 bits per heavy atom. The van der Waals surface area contributed by atoms with Crippen LogP contribution in [0.2, 0.25) is 0 Å². The van der Waals surface area contributed by atoms with Gasteiger partial charge in [0.2, 0.25) is 12.0 Å². The zero-order valence-electron chi connectivity index (χ0n) is 11.9. The van der Waals surface area contributed by atoms with Gasteiger partial charge in [0.05, 0.1) is 13.2 Å². The smallest absolute Gasteiger partial charge is 0.220 e. The Labute approximate surface area is 117 Å². The summed E-state index contributed by atoms with van der Waals surface area (Å²) in [6, 6.07) is 4.46. The fourth-order valence-electron chi connectivity index (χ4n) is 1.69. The summed E-state index contributed by atoms with van der Waals surface area (Å²) in [5, 5.41) is 0. The number of ketones is 2. The minimum Gasteiger partial charge on any atom is -0.494 e. The molecule has 5 heteroatoms. The largest absolute Gasteiger partial charge is 0.494 e. The highest BCUT2D eigenvalue weighted by atomic mass is 19.1. The molecule has 0 amide bonds. The number of benzene rings is 1. The molecule has 0 spiro atoms. The molecule has 110 valence electrons. The Kier molecular flexibility index (Phi) is 6.15. The van der Waals surface area contributed by atoms with E-state index in [4.69, 9.17) is 9.47 Å². The Balaban J connectivity index is 3.08. The molecule has 0 aliphatic carbocycles. The lowest BCUT2D eigenvalue weighted by Crippen LogP contribution is -2.25. The van der Waals surface area contributed by atoms with Crippen molar-refractivity contribution in [1.82, 2.24) is 0 Å². The molecule has 1 aromatic carbocycles. The first-order valence-corrected chi connectivity index (χ1v) is 6.65. The van der Waals surface area contributed by atoms with Crippen molar-refractivity contribution in [3.8, 4) is 11.5 Å². The summed E-state index contributed by atoms with van der Waals surface area (Å²) in [6.07, 6.45) is -2.15. The fraction of sp³-hybridized carbons (Fsp3) is 0.467. The van der Waals surface area contributed by atoms with E-state index >= 15 is 0 Å². The predicted octanol–water partition coefficient (Wildman–Crippen LogP) is 2.98. The quantitative estimate of drug-likeness (QED) is 0.543. The van der Waals surface area contributed by atoms with Crippen molar-refractivity contribution in [1.29, 1.82) is 0 Å². The highest BCUT2D eigenvalue weighted by Crippen LogP contribution is 2.24. The Morgan fingerprint density at radius 1 is 1.05 bits per heavy atom. The van der Waals surface area contributed by atoms with Crippen molar-refractivity contribution >= 4 is 11.6 Å². The van der Waals surface area contributed by atoms with Gasteiger partial charge in [0.25, 0.3) is 0 Å². The van der Waals surface area contributed by atoms with Gasteiger partial charge in [0.15, 0.2) is 5.78 Å². The van der Waals surface area contributed by atoms with E-state index in [0.29, 0.717) is 24.7 Å². The normalized spacial score (nSPS) is 11.8. The lowest BCUT2D eigenvalue weighted by Gasteiger charge is -2.11. The number of Topliss-reactive ketones (excluding diaryl/α,β-unsaturated/α-hetero) is 2. The number of rotatable bonds is 8. The highest BCUT2D eigenvalue weighted by Gasteiger charge is 2.26. The molecule has 0 aromatic heterocycles. The standard InChI is InChI=1S/C15H19FO4/c1-4-13(17)14(16)15(18)10-7-11(19-5-2)9-12(8-10)20-6-3/h7-9,14H,4-6H2,1-3H3. The predicted molar refractivity (Wildman–Crippen MR) is 73.3 cm³/mol. The third-order valence-corrected chi connectivity index (χ3v) is 2.65. The van der Waals surface area contributed by atoms with Crippen molar-refractivity contribution in [3.05, 3.63) is 23.8 Å². The van der Waals surface area contributed by atoms with Crippen LogP contribution >= 0.6 is 0 Å². The SMILES string of the molecule is CCOc1cc(OCC)cc(C(=O)C(F)C(=O)CC)c1. The van der Waals surface area contributed by atoms with E-state index in [1.54, 1.807) is 19.9 Å². The van der Waals surface area contributed by atoms with Crippen LogP contribution in [0.5, 0.6) is 11.5 Å². The van der Waals surface area contributed by atoms with E-state index in [9.17, 15) is 14.0 Å². The minimum atomic E-state index is -2.13. The van der Waals surface area contributed by atoms with Gasteiger partial charge in [-0.2, -0.15) is 0 Å². The Bertz CT molecular complexity index is 461. The second-order valence-electron chi connectivity index (χ2n) is 4.11. The maximum absolute atomic E-state index is 13.7. The van der Waals surface area contributed by atoms with Crippen molar-refractivity contribution in [2.24, 2.45) is 0 Å². The van der Waals surface area contributed by atoms with Gasteiger partial charge in [-0.3, -0.25) is 9.59 Å². The molecule has 4 nitrogen and oxygen atoms in total. The number of hydrogen-bond acceptors (Lipinski definition) is 4. The van der Waals surface area contributed by atoms with Gasteiger partial charge in [0.1, 0.15) is 11.5 Å². The van der Waals surface area contributed by atoms with Crippen LogP contribution in [-0.4, -0.2) is 31.0 Å². The topological polar surface area (TPSA) is 52.6 Å². The van der Waals surface area contributed by atoms with Gasteiger partial charge in [-0.05, 0) is 26.0 Å². The molecule has 0 saturated carbocycles. The second kappa shape index (κ2) is 7.62. The van der Waals surface area contributed by atoms with Crippen LogP contribution in [0.25, 0.3) is 0 Å². The lowest BCUT2D eigenvalue weighted by atomic mass is 10.0. The van der Waals surface area contributed by atoms with E-state index in [1.807, 2.05) is 0 Å². The van der Waals surface area contributed by atoms with Crippen molar-refractivity contribution in [2.75, 3.05) is 13.2 Å². The van der Waals surface area contributed by atoms with E-state index in [1.165, 1.54) is 19.1 Å². The van der Waals surface area contributed by atoms with Gasteiger partial charge in [-0.1, -0.05) is 6.92 Å². The van der Waals surface area contributed by atoms with E-state index in [2.05, 4.69) is 0 Å². The van der Waals surface area contributed by atoms with Crippen LogP contribution in [0.4, 0.5) is 4.39 Å². The molecule has 0 N–H and O–H groups in total. The van der Waals surface area contributed by atoms with Crippen LogP contribution < -0.4 is 9.47 Å². The number of halogens is 1. The maximum atomic E-state index is 13.7. The fourth-order valence-corrected chi connectivity index (χ4v) is 1.69. The number of ether oxygens (including phenoxy) is 2. The average Bonchev–Trinajstić information content (AvgIpc) is 2.45. The van der Waals surface area contributed by atoms with Crippen LogP contribution in [0.15, 0.2) is 18.2 Å². The van der Waals surface area contributed by atoms with Crippen molar-refractivity contribution in [3.63, 3.8) is 0 Å². The third-order valence-electron chi connectivity index (χ3n) is 2.65. The Hall–Kier alpha value is -1.91. The van der Waals surface area contributed by atoms with E-state index in [0.717, 1.165) is 0 Å². The highest BCUT2D eigenvalue weighted by molar-refractivity contribution is 6.13. The van der Waals surface area contributed by atoms with Gasteiger partial charge in [-0.15, -0.1) is 0 Å². The number of alkyl halides is 1. The zero-order chi connectivity index (χ0) is 15.1. The van der Waals surface area contributed by atoms with Gasteiger partial charge in [-0.25, -0.2) is 4.39 Å². The lowest BCUT2D eigenvalue weighted by molar-refractivity contribution is -0.121. The summed E-state index contributed by atoms with van der Waals surface area (Å²) >= 11 is 0. The molecule has 1 rings (SSSR count). The first-order chi connectivity index (χ1) is 9.53. The van der Waals surface area contributed by atoms with Gasteiger partial charge >= 0.3 is 0 Å². The molecule has 1 atom stereocenters. The van der Waals surface area contributed by atoms with E-state index < -0.39 is 17.7 Å². The Morgan fingerprint density at radius 2 is 1.55 bits per heavy atom. The van der Waals surface area contributed by atoms with Crippen molar-refractivity contribution in [2.45, 2.75) is 33.4 Å². The molecule has 0 bridgehead atoms. The van der Waals surface area contributed by atoms with Crippen LogP contribution in [0.1, 0.15) is 37.6 Å². The molecule has 1 unspecified atom stereocenters. The molecule has 0 aliphatic heterocycles. The summed E-state index contributed by atoms with van der Waals surface area (Å²) in [6.45, 7) is 5.94. The molecular weight excluding hydrogens is 263 g/mol. The minimum absolute atomic E-state index is 0.0175. The van der Waals surface area contributed by atoms with Gasteiger partial charge in [0, 0.05) is 18.1 Å². The first-order valence-electron chi connectivity index (χ1n) is 6.65. The number of carbonyl (C=O) groups is 2. The first kappa shape index (κ1) is 16.1. The average molecular weight is 282 g/mol. The summed E-state index contributed by atoms with van der Waals surface area (Å²) in [7, 11) is 0. The molecule has 20 heavy (non-hydrogen) atoms. The molecule has 0 fully saturated rings. The summed E-state index contributed by atoms with van der Waals surface area (Å²) in [5.41, 5.74) is 0.0775. The second-order valence-corrected chi connectivity index (χ2v) is 4.11. The molecule has 1 aromatic rings. The van der Waals surface area contributed by atoms with Gasteiger partial charge < -0.3 is 9.47 Å². The molecule has 0 aliphatic rings. The zero-order valence-corrected chi connectivity index (χ0v) is 11.9. The van der Waals surface area contributed by atoms with Crippen LogP contribution in [-0.2, 0) is 4.79 Å². The third kappa shape index (κ3) is 4.05. The molecule has 0 heterocycles. The summed E-state index contributed by atoms with van der Waals surface area (Å²) in [4.78, 5) is 23.2. The molecular formula is C15H19FO4.